The molecule has 0 unspecified atom stereocenters. The molecule has 0 aliphatic carbocycles. The lowest BCUT2D eigenvalue weighted by Crippen LogP contribution is -2.14. The summed E-state index contributed by atoms with van der Waals surface area (Å²) in [7, 11) is 1.66. The number of carbonyl (C=O) groups is 1. The molecular formula is C14H15N3O2S. The Morgan fingerprint density at radius 3 is 2.65 bits per heavy atom. The molecule has 0 atom stereocenters. The van der Waals surface area contributed by atoms with E-state index in [1.807, 2.05) is 30.3 Å². The van der Waals surface area contributed by atoms with Gasteiger partial charge >= 0.3 is 0 Å². The van der Waals surface area contributed by atoms with Gasteiger partial charge < -0.3 is 10.1 Å². The van der Waals surface area contributed by atoms with Crippen LogP contribution in [0.1, 0.15) is 10.5 Å². The van der Waals surface area contributed by atoms with Crippen LogP contribution < -0.4 is 5.32 Å². The van der Waals surface area contributed by atoms with Crippen LogP contribution in [-0.4, -0.2) is 35.6 Å². The van der Waals surface area contributed by atoms with E-state index < -0.39 is 0 Å². The molecule has 6 heteroatoms. The third-order valence-electron chi connectivity index (χ3n) is 2.44. The summed E-state index contributed by atoms with van der Waals surface area (Å²) in [6, 6.07) is 12.7. The van der Waals surface area contributed by atoms with Crippen molar-refractivity contribution in [2.45, 2.75) is 5.03 Å². The Bertz CT molecular complexity index is 546. The standard InChI is InChI=1S/C14H15N3O2S/c1-19-9-10-20-13-8-7-12(16-17-13)14(18)15-11-5-3-2-4-6-11/h2-8H,9-10H2,1H3,(H,15,18). The maximum Gasteiger partial charge on any atom is 0.276 e. The molecule has 0 aliphatic rings. The molecule has 0 radical (unpaired) electrons. The molecule has 1 heterocycles. The average molecular weight is 289 g/mol. The van der Waals surface area contributed by atoms with Gasteiger partial charge in [0.1, 0.15) is 5.03 Å². The number of para-hydroxylation sites is 1. The molecule has 0 saturated carbocycles. The van der Waals surface area contributed by atoms with Gasteiger partial charge in [0.2, 0.25) is 0 Å². The van der Waals surface area contributed by atoms with Crippen molar-refractivity contribution in [1.29, 1.82) is 0 Å². The van der Waals surface area contributed by atoms with Crippen molar-refractivity contribution in [2.24, 2.45) is 0 Å². The second-order valence-corrected chi connectivity index (χ2v) is 5.03. The second kappa shape index (κ2) is 7.62. The molecule has 20 heavy (non-hydrogen) atoms. The van der Waals surface area contributed by atoms with E-state index in [1.165, 1.54) is 11.8 Å². The Kier molecular flexibility index (Phi) is 5.52. The first-order chi connectivity index (χ1) is 9.79. The van der Waals surface area contributed by atoms with Gasteiger partial charge in [-0.1, -0.05) is 18.2 Å². The Morgan fingerprint density at radius 1 is 1.20 bits per heavy atom. The van der Waals surface area contributed by atoms with Crippen molar-refractivity contribution in [3.05, 3.63) is 48.2 Å². The lowest BCUT2D eigenvalue weighted by molar-refractivity contribution is 0.102. The number of amides is 1. The maximum atomic E-state index is 11.9. The highest BCUT2D eigenvalue weighted by Gasteiger charge is 2.08. The van der Waals surface area contributed by atoms with Gasteiger partial charge in [0.25, 0.3) is 5.91 Å². The number of nitrogens with zero attached hydrogens (tertiary/aromatic N) is 2. The minimum absolute atomic E-state index is 0.267. The van der Waals surface area contributed by atoms with Gasteiger partial charge in [0.15, 0.2) is 5.69 Å². The highest BCUT2D eigenvalue weighted by atomic mass is 32.2. The van der Waals surface area contributed by atoms with Crippen molar-refractivity contribution in [2.75, 3.05) is 24.8 Å². The fraction of sp³-hybridized carbons (Fsp3) is 0.214. The molecule has 1 aromatic heterocycles. The van der Waals surface area contributed by atoms with E-state index in [-0.39, 0.29) is 5.91 Å². The summed E-state index contributed by atoms with van der Waals surface area (Å²) >= 11 is 1.54. The molecule has 0 aliphatic heterocycles. The number of aromatic nitrogens is 2. The molecule has 1 aromatic carbocycles. The molecule has 2 aromatic rings. The van der Waals surface area contributed by atoms with E-state index in [4.69, 9.17) is 4.74 Å². The second-order valence-electron chi connectivity index (χ2n) is 3.92. The van der Waals surface area contributed by atoms with Crippen LogP contribution in [0.4, 0.5) is 5.69 Å². The predicted molar refractivity (Wildman–Crippen MR) is 79.0 cm³/mol. The lowest BCUT2D eigenvalue weighted by Gasteiger charge is -2.04. The van der Waals surface area contributed by atoms with Crippen molar-refractivity contribution >= 4 is 23.4 Å². The lowest BCUT2D eigenvalue weighted by atomic mass is 10.3. The van der Waals surface area contributed by atoms with Crippen LogP contribution in [0.2, 0.25) is 0 Å². The van der Waals surface area contributed by atoms with Crippen LogP contribution in [0.3, 0.4) is 0 Å². The van der Waals surface area contributed by atoms with E-state index in [0.29, 0.717) is 12.3 Å². The van der Waals surface area contributed by atoms with Crippen LogP contribution >= 0.6 is 11.8 Å². The average Bonchev–Trinajstić information content (AvgIpc) is 2.49. The summed E-state index contributed by atoms with van der Waals surface area (Å²) in [4.78, 5) is 11.9. The summed E-state index contributed by atoms with van der Waals surface area (Å²) in [6.07, 6.45) is 0. The largest absolute Gasteiger partial charge is 0.384 e. The number of methoxy groups -OCH3 is 1. The Balaban J connectivity index is 1.94. The van der Waals surface area contributed by atoms with Crippen molar-refractivity contribution < 1.29 is 9.53 Å². The molecule has 104 valence electrons. The fourth-order valence-corrected chi connectivity index (χ4v) is 2.19. The first kappa shape index (κ1) is 14.5. The SMILES string of the molecule is COCCSc1ccc(C(=O)Nc2ccccc2)nn1. The summed E-state index contributed by atoms with van der Waals surface area (Å²) < 4.78 is 4.96. The van der Waals surface area contributed by atoms with Crippen LogP contribution in [0, 0.1) is 0 Å². The van der Waals surface area contributed by atoms with Gasteiger partial charge in [-0.2, -0.15) is 0 Å². The number of anilines is 1. The smallest absolute Gasteiger partial charge is 0.276 e. The number of ether oxygens (including phenoxy) is 1. The molecule has 0 saturated heterocycles. The molecule has 0 spiro atoms. The zero-order chi connectivity index (χ0) is 14.2. The van der Waals surface area contributed by atoms with Gasteiger partial charge in [-0.25, -0.2) is 0 Å². The number of thioether (sulfide) groups is 1. The zero-order valence-electron chi connectivity index (χ0n) is 11.1. The molecule has 1 amide bonds. The maximum absolute atomic E-state index is 11.9. The number of rotatable bonds is 6. The van der Waals surface area contributed by atoms with Crippen LogP contribution in [0.25, 0.3) is 0 Å². The molecule has 0 bridgehead atoms. The van der Waals surface area contributed by atoms with Crippen molar-refractivity contribution in [3.8, 4) is 0 Å². The van der Waals surface area contributed by atoms with Gasteiger partial charge in [-0.15, -0.1) is 22.0 Å². The molecule has 1 N–H and O–H groups in total. The third-order valence-corrected chi connectivity index (χ3v) is 3.33. The third kappa shape index (κ3) is 4.32. The number of nitrogens with one attached hydrogen (secondary N) is 1. The van der Waals surface area contributed by atoms with Crippen LogP contribution in [0.5, 0.6) is 0 Å². The number of hydrogen-bond donors (Lipinski definition) is 1. The Morgan fingerprint density at radius 2 is 2.00 bits per heavy atom. The van der Waals surface area contributed by atoms with E-state index in [9.17, 15) is 4.79 Å². The van der Waals surface area contributed by atoms with E-state index >= 15 is 0 Å². The highest BCUT2D eigenvalue weighted by Crippen LogP contribution is 2.14. The summed E-state index contributed by atoms with van der Waals surface area (Å²) in [5.41, 5.74) is 1.03. The predicted octanol–water partition coefficient (Wildman–Crippen LogP) is 2.47. The van der Waals surface area contributed by atoms with Crippen molar-refractivity contribution in [3.63, 3.8) is 0 Å². The number of carbonyl (C=O) groups excluding carboxylic acids is 1. The highest BCUT2D eigenvalue weighted by molar-refractivity contribution is 7.99. The summed E-state index contributed by atoms with van der Waals surface area (Å²) in [5, 5.41) is 11.5. The molecule has 0 fully saturated rings. The van der Waals surface area contributed by atoms with Gasteiger partial charge in [0, 0.05) is 18.6 Å². The zero-order valence-corrected chi connectivity index (χ0v) is 11.9. The quantitative estimate of drug-likeness (QED) is 0.654. The number of hydrogen-bond acceptors (Lipinski definition) is 5. The van der Waals surface area contributed by atoms with Crippen molar-refractivity contribution in [1.82, 2.24) is 10.2 Å². The Hall–Kier alpha value is -1.92. The first-order valence-corrected chi connectivity index (χ1v) is 7.10. The van der Waals surface area contributed by atoms with Gasteiger partial charge in [-0.05, 0) is 24.3 Å². The summed E-state index contributed by atoms with van der Waals surface area (Å²) in [5.74, 6) is 0.540. The van der Waals surface area contributed by atoms with Gasteiger partial charge in [-0.3, -0.25) is 4.79 Å². The topological polar surface area (TPSA) is 64.1 Å². The minimum Gasteiger partial charge on any atom is -0.384 e. The fourth-order valence-electron chi connectivity index (χ4n) is 1.46. The monoisotopic (exact) mass is 289 g/mol. The van der Waals surface area contributed by atoms with Crippen LogP contribution in [0.15, 0.2) is 47.5 Å². The normalized spacial score (nSPS) is 10.2. The molecule has 5 nitrogen and oxygen atoms in total. The minimum atomic E-state index is -0.267. The Labute approximate surface area is 121 Å². The van der Waals surface area contributed by atoms with E-state index in [1.54, 1.807) is 19.2 Å². The first-order valence-electron chi connectivity index (χ1n) is 6.11. The van der Waals surface area contributed by atoms with Crippen LogP contribution in [-0.2, 0) is 4.74 Å². The molecule has 2 rings (SSSR count). The molecular weight excluding hydrogens is 274 g/mol. The van der Waals surface area contributed by atoms with Gasteiger partial charge in [0.05, 0.1) is 6.61 Å². The van der Waals surface area contributed by atoms with E-state index in [2.05, 4.69) is 15.5 Å². The van der Waals surface area contributed by atoms with E-state index in [0.717, 1.165) is 16.5 Å². The summed E-state index contributed by atoms with van der Waals surface area (Å²) in [6.45, 7) is 0.655. The number of benzene rings is 1.